The summed E-state index contributed by atoms with van der Waals surface area (Å²) in [7, 11) is 0. The van der Waals surface area contributed by atoms with Gasteiger partial charge in [-0.15, -0.1) is 11.3 Å². The lowest BCUT2D eigenvalue weighted by molar-refractivity contribution is -0.159. The van der Waals surface area contributed by atoms with E-state index >= 15 is 0 Å². The van der Waals surface area contributed by atoms with Crippen LogP contribution in [0.2, 0.25) is 0 Å². The van der Waals surface area contributed by atoms with Crippen molar-refractivity contribution in [3.63, 3.8) is 0 Å². The SMILES string of the molecule is Cc1nc(N)sc1CN1CCN(C(=O)C23CC4CC(CC(C4)C2)C3)CC1. The molecule has 6 rings (SSSR count). The minimum Gasteiger partial charge on any atom is -0.375 e. The summed E-state index contributed by atoms with van der Waals surface area (Å²) in [5.41, 5.74) is 6.89. The Bertz CT molecular complexity index is 671. The molecule has 1 aliphatic heterocycles. The number of nitrogens with zero attached hydrogens (tertiary/aromatic N) is 3. The lowest BCUT2D eigenvalue weighted by Gasteiger charge is -2.57. The van der Waals surface area contributed by atoms with Crippen LogP contribution in [0.1, 0.15) is 49.1 Å². The molecule has 0 unspecified atom stereocenters. The maximum absolute atomic E-state index is 13.5. The second kappa shape index (κ2) is 6.20. The molecular weight excluding hydrogens is 344 g/mol. The number of anilines is 1. The van der Waals surface area contributed by atoms with Crippen LogP contribution in [0.5, 0.6) is 0 Å². The van der Waals surface area contributed by atoms with Gasteiger partial charge in [0.1, 0.15) is 0 Å². The van der Waals surface area contributed by atoms with Gasteiger partial charge in [0.15, 0.2) is 5.13 Å². The number of rotatable bonds is 3. The first kappa shape index (κ1) is 17.0. The van der Waals surface area contributed by atoms with E-state index in [0.29, 0.717) is 11.0 Å². The highest BCUT2D eigenvalue weighted by molar-refractivity contribution is 7.15. The summed E-state index contributed by atoms with van der Waals surface area (Å²) >= 11 is 1.60. The Kier molecular flexibility index (Phi) is 4.05. The number of amides is 1. The quantitative estimate of drug-likeness (QED) is 0.884. The Morgan fingerprint density at radius 1 is 1.12 bits per heavy atom. The molecule has 5 fully saturated rings. The van der Waals surface area contributed by atoms with Crippen LogP contribution < -0.4 is 5.73 Å². The summed E-state index contributed by atoms with van der Waals surface area (Å²) < 4.78 is 0. The predicted molar refractivity (Wildman–Crippen MR) is 104 cm³/mol. The second-order valence-electron chi connectivity index (χ2n) is 9.33. The van der Waals surface area contributed by atoms with E-state index in [2.05, 4.69) is 14.8 Å². The maximum Gasteiger partial charge on any atom is 0.228 e. The summed E-state index contributed by atoms with van der Waals surface area (Å²) in [6.07, 6.45) is 7.74. The largest absolute Gasteiger partial charge is 0.375 e. The molecule has 142 valence electrons. The first-order valence-electron chi connectivity index (χ1n) is 10.2. The van der Waals surface area contributed by atoms with Crippen molar-refractivity contribution in [1.29, 1.82) is 0 Å². The molecule has 2 N–H and O–H groups in total. The number of aromatic nitrogens is 1. The molecule has 1 aromatic rings. The van der Waals surface area contributed by atoms with E-state index in [9.17, 15) is 4.79 Å². The third-order valence-corrected chi connectivity index (χ3v) is 8.40. The predicted octanol–water partition coefficient (Wildman–Crippen LogP) is 2.89. The molecule has 5 nitrogen and oxygen atoms in total. The molecule has 4 aliphatic carbocycles. The van der Waals surface area contributed by atoms with Gasteiger partial charge in [-0.2, -0.15) is 0 Å². The van der Waals surface area contributed by atoms with Crippen LogP contribution in [0.25, 0.3) is 0 Å². The van der Waals surface area contributed by atoms with Crippen LogP contribution in [0.4, 0.5) is 5.13 Å². The number of carbonyl (C=O) groups excluding carboxylic acids is 1. The third-order valence-electron chi connectivity index (χ3n) is 7.43. The monoisotopic (exact) mass is 374 g/mol. The van der Waals surface area contributed by atoms with Crippen LogP contribution in [-0.4, -0.2) is 46.9 Å². The summed E-state index contributed by atoms with van der Waals surface area (Å²) in [5.74, 6) is 3.01. The van der Waals surface area contributed by atoms with E-state index in [-0.39, 0.29) is 5.41 Å². The number of carbonyl (C=O) groups is 1. The highest BCUT2D eigenvalue weighted by Crippen LogP contribution is 2.60. The van der Waals surface area contributed by atoms with E-state index in [1.165, 1.54) is 43.4 Å². The zero-order chi connectivity index (χ0) is 17.9. The fourth-order valence-corrected chi connectivity index (χ4v) is 7.49. The van der Waals surface area contributed by atoms with Gasteiger partial charge in [0.2, 0.25) is 5.91 Å². The highest BCUT2D eigenvalue weighted by Gasteiger charge is 2.55. The molecule has 4 bridgehead atoms. The van der Waals surface area contributed by atoms with Gasteiger partial charge in [0, 0.05) is 37.6 Å². The average molecular weight is 375 g/mol. The van der Waals surface area contributed by atoms with E-state index < -0.39 is 0 Å². The molecule has 1 aromatic heterocycles. The van der Waals surface area contributed by atoms with Gasteiger partial charge < -0.3 is 10.6 Å². The van der Waals surface area contributed by atoms with Crippen molar-refractivity contribution in [3.8, 4) is 0 Å². The number of nitrogens with two attached hydrogens (primary N) is 1. The van der Waals surface area contributed by atoms with E-state index in [4.69, 9.17) is 5.73 Å². The molecule has 0 aromatic carbocycles. The minimum absolute atomic E-state index is 0.0135. The molecule has 1 amide bonds. The normalized spacial score (nSPS) is 36.7. The Morgan fingerprint density at radius 3 is 2.19 bits per heavy atom. The van der Waals surface area contributed by atoms with Gasteiger partial charge in [-0.05, 0) is 63.2 Å². The van der Waals surface area contributed by atoms with Gasteiger partial charge in [0.25, 0.3) is 0 Å². The highest BCUT2D eigenvalue weighted by atomic mass is 32.1. The molecule has 5 aliphatic rings. The summed E-state index contributed by atoms with van der Waals surface area (Å²) in [6.45, 7) is 6.65. The fraction of sp³-hybridized carbons (Fsp3) is 0.800. The first-order chi connectivity index (χ1) is 12.5. The van der Waals surface area contributed by atoms with Crippen LogP contribution in [0.3, 0.4) is 0 Å². The molecule has 0 radical (unpaired) electrons. The number of hydrogen-bond acceptors (Lipinski definition) is 5. The third kappa shape index (κ3) is 2.85. The number of hydrogen-bond donors (Lipinski definition) is 1. The molecule has 6 heteroatoms. The smallest absolute Gasteiger partial charge is 0.228 e. The second-order valence-corrected chi connectivity index (χ2v) is 10.4. The van der Waals surface area contributed by atoms with Gasteiger partial charge >= 0.3 is 0 Å². The molecule has 0 atom stereocenters. The lowest BCUT2D eigenvalue weighted by atomic mass is 9.49. The van der Waals surface area contributed by atoms with Crippen molar-refractivity contribution in [3.05, 3.63) is 10.6 Å². The van der Waals surface area contributed by atoms with Crippen molar-refractivity contribution in [2.24, 2.45) is 23.2 Å². The van der Waals surface area contributed by atoms with Crippen LogP contribution in [-0.2, 0) is 11.3 Å². The van der Waals surface area contributed by atoms with Gasteiger partial charge in [-0.1, -0.05) is 0 Å². The van der Waals surface area contributed by atoms with Crippen LogP contribution >= 0.6 is 11.3 Å². The number of nitrogen functional groups attached to an aromatic ring is 1. The van der Waals surface area contributed by atoms with E-state index in [1.807, 2.05) is 6.92 Å². The zero-order valence-corrected chi connectivity index (χ0v) is 16.6. The van der Waals surface area contributed by atoms with E-state index in [1.54, 1.807) is 11.3 Å². The number of thiazole rings is 1. The minimum atomic E-state index is 0.0135. The summed E-state index contributed by atoms with van der Waals surface area (Å²) in [4.78, 5) is 23.7. The van der Waals surface area contributed by atoms with Crippen LogP contribution in [0.15, 0.2) is 0 Å². The van der Waals surface area contributed by atoms with Gasteiger partial charge in [0.05, 0.1) is 11.1 Å². The molecule has 1 saturated heterocycles. The average Bonchev–Trinajstić information content (AvgIpc) is 2.91. The fourth-order valence-electron chi connectivity index (χ4n) is 6.62. The Labute approximate surface area is 159 Å². The molecule has 4 saturated carbocycles. The Morgan fingerprint density at radius 2 is 1.69 bits per heavy atom. The summed E-state index contributed by atoms with van der Waals surface area (Å²) in [5, 5.41) is 0.660. The van der Waals surface area contributed by atoms with Gasteiger partial charge in [-0.25, -0.2) is 4.98 Å². The first-order valence-corrected chi connectivity index (χ1v) is 11.1. The standard InChI is InChI=1S/C20H30N4OS/c1-13-17(26-19(21)22-13)12-23-2-4-24(5-3-23)18(25)20-9-14-6-15(10-20)8-16(7-14)11-20/h14-16H,2-12H2,1H3,(H2,21,22). The van der Waals surface area contributed by atoms with Crippen molar-refractivity contribution in [2.75, 3.05) is 31.9 Å². The Balaban J connectivity index is 1.22. The lowest BCUT2D eigenvalue weighted by Crippen LogP contribution is -2.58. The van der Waals surface area contributed by atoms with Crippen molar-refractivity contribution < 1.29 is 4.79 Å². The number of piperazine rings is 1. The zero-order valence-electron chi connectivity index (χ0n) is 15.7. The van der Waals surface area contributed by atoms with Crippen molar-refractivity contribution in [2.45, 2.75) is 52.0 Å². The van der Waals surface area contributed by atoms with E-state index in [0.717, 1.165) is 56.2 Å². The van der Waals surface area contributed by atoms with Crippen molar-refractivity contribution >= 4 is 22.4 Å². The number of aryl methyl sites for hydroxylation is 1. The molecule has 26 heavy (non-hydrogen) atoms. The summed E-state index contributed by atoms with van der Waals surface area (Å²) in [6, 6.07) is 0. The molecule has 0 spiro atoms. The maximum atomic E-state index is 13.5. The molecule has 2 heterocycles. The molecular formula is C20H30N4OS. The Hall–Kier alpha value is -1.14. The van der Waals surface area contributed by atoms with Crippen molar-refractivity contribution in [1.82, 2.24) is 14.8 Å². The van der Waals surface area contributed by atoms with Crippen LogP contribution in [0, 0.1) is 30.1 Å². The van der Waals surface area contributed by atoms with Gasteiger partial charge in [-0.3, -0.25) is 9.69 Å². The topological polar surface area (TPSA) is 62.5 Å².